The van der Waals surface area contributed by atoms with Crippen LogP contribution in [0.1, 0.15) is 10.4 Å². The first-order valence-corrected chi connectivity index (χ1v) is 6.65. The first kappa shape index (κ1) is 13.4. The average Bonchev–Trinajstić information content (AvgIpc) is 2.94. The molecule has 2 heterocycles. The van der Waals surface area contributed by atoms with Crippen LogP contribution >= 0.6 is 11.6 Å². The van der Waals surface area contributed by atoms with Crippen molar-refractivity contribution in [2.45, 2.75) is 0 Å². The van der Waals surface area contributed by atoms with E-state index in [9.17, 15) is 9.90 Å². The van der Waals surface area contributed by atoms with Gasteiger partial charge in [0.1, 0.15) is 0 Å². The van der Waals surface area contributed by atoms with E-state index in [4.69, 9.17) is 11.6 Å². The number of carboxylic acids is 1. The lowest BCUT2D eigenvalue weighted by atomic mass is 10.1. The van der Waals surface area contributed by atoms with Crippen LogP contribution < -0.4 is 0 Å². The highest BCUT2D eigenvalue weighted by Gasteiger charge is 2.16. The number of hydrogen-bond donors (Lipinski definition) is 2. The maximum absolute atomic E-state index is 11.4. The van der Waals surface area contributed by atoms with E-state index in [1.807, 2.05) is 12.1 Å². The van der Waals surface area contributed by atoms with E-state index in [2.05, 4.69) is 9.97 Å². The Bertz CT molecular complexity index is 780. The average molecular weight is 299 g/mol. The lowest BCUT2D eigenvalue weighted by Gasteiger charge is -2.00. The minimum atomic E-state index is -0.974. The fourth-order valence-corrected chi connectivity index (χ4v) is 2.28. The summed E-state index contributed by atoms with van der Waals surface area (Å²) in [5.41, 5.74) is 3.18. The molecule has 1 aromatic carbocycles. The fraction of sp³-hybridized carbons (Fsp3) is 0. The Kier molecular flexibility index (Phi) is 3.46. The van der Waals surface area contributed by atoms with Gasteiger partial charge < -0.3 is 10.1 Å². The number of aromatic carboxylic acids is 1. The van der Waals surface area contributed by atoms with Crippen LogP contribution in [0.15, 0.2) is 54.9 Å². The summed E-state index contributed by atoms with van der Waals surface area (Å²) in [6.07, 6.45) is 3.26. The summed E-state index contributed by atoms with van der Waals surface area (Å²) in [6.45, 7) is 0. The number of hydrogen-bond acceptors (Lipinski definition) is 2. The Morgan fingerprint density at radius 1 is 1.05 bits per heavy atom. The van der Waals surface area contributed by atoms with Crippen molar-refractivity contribution in [2.24, 2.45) is 0 Å². The topological polar surface area (TPSA) is 66.0 Å². The molecule has 104 valence electrons. The molecule has 0 saturated carbocycles. The molecule has 5 heteroatoms. The number of carboxylic acid groups (broad SMARTS) is 1. The van der Waals surface area contributed by atoms with Gasteiger partial charge in [0.2, 0.25) is 0 Å². The van der Waals surface area contributed by atoms with Crippen LogP contribution in [0.25, 0.3) is 22.5 Å². The predicted molar refractivity (Wildman–Crippen MR) is 81.4 cm³/mol. The molecule has 2 aromatic heterocycles. The van der Waals surface area contributed by atoms with Crippen molar-refractivity contribution >= 4 is 17.6 Å². The van der Waals surface area contributed by atoms with Gasteiger partial charge in [0.05, 0.1) is 11.3 Å². The third kappa shape index (κ3) is 2.66. The van der Waals surface area contributed by atoms with Gasteiger partial charge in [-0.05, 0) is 35.9 Å². The number of aromatic nitrogens is 2. The van der Waals surface area contributed by atoms with Crippen LogP contribution in [0, 0.1) is 0 Å². The summed E-state index contributed by atoms with van der Waals surface area (Å²) in [5, 5.41) is 10.0. The number of rotatable bonds is 3. The number of halogens is 1. The maximum Gasteiger partial charge on any atom is 0.337 e. The Morgan fingerprint density at radius 3 is 2.33 bits per heavy atom. The smallest absolute Gasteiger partial charge is 0.337 e. The molecule has 0 aliphatic heterocycles. The van der Waals surface area contributed by atoms with Gasteiger partial charge in [0, 0.05) is 28.7 Å². The molecular formula is C16H11ClN2O2. The summed E-state index contributed by atoms with van der Waals surface area (Å²) < 4.78 is 0. The number of nitrogens with one attached hydrogen (secondary N) is 1. The van der Waals surface area contributed by atoms with E-state index in [0.717, 1.165) is 16.8 Å². The molecule has 3 aromatic rings. The molecule has 0 bridgehead atoms. The molecule has 0 fully saturated rings. The largest absolute Gasteiger partial charge is 0.478 e. The van der Waals surface area contributed by atoms with E-state index in [0.29, 0.717) is 10.7 Å². The van der Waals surface area contributed by atoms with Gasteiger partial charge in [-0.25, -0.2) is 4.79 Å². The molecule has 0 aliphatic carbocycles. The van der Waals surface area contributed by atoms with Gasteiger partial charge >= 0.3 is 5.97 Å². The molecule has 0 aliphatic rings. The van der Waals surface area contributed by atoms with Crippen LogP contribution in [0.4, 0.5) is 0 Å². The van der Waals surface area contributed by atoms with Crippen LogP contribution in [0.2, 0.25) is 5.02 Å². The predicted octanol–water partition coefficient (Wildman–Crippen LogP) is 4.10. The Morgan fingerprint density at radius 2 is 1.71 bits per heavy atom. The molecule has 0 radical (unpaired) electrons. The third-order valence-corrected chi connectivity index (χ3v) is 3.42. The van der Waals surface area contributed by atoms with E-state index in [-0.39, 0.29) is 5.56 Å². The van der Waals surface area contributed by atoms with Crippen molar-refractivity contribution in [3.8, 4) is 22.5 Å². The lowest BCUT2D eigenvalue weighted by Crippen LogP contribution is -1.96. The van der Waals surface area contributed by atoms with E-state index < -0.39 is 5.97 Å². The molecular weight excluding hydrogens is 288 g/mol. The molecule has 0 unspecified atom stereocenters. The molecule has 4 nitrogen and oxygen atoms in total. The number of nitrogens with zero attached hydrogens (tertiary/aromatic N) is 1. The number of benzene rings is 1. The van der Waals surface area contributed by atoms with Crippen LogP contribution in [-0.2, 0) is 0 Å². The summed E-state index contributed by atoms with van der Waals surface area (Å²) in [7, 11) is 0. The second-order valence-electron chi connectivity index (χ2n) is 4.52. The van der Waals surface area contributed by atoms with Crippen molar-refractivity contribution in [3.63, 3.8) is 0 Å². The van der Waals surface area contributed by atoms with Gasteiger partial charge in [0.15, 0.2) is 0 Å². The number of H-pyrrole nitrogens is 1. The summed E-state index contributed by atoms with van der Waals surface area (Å²) in [6, 6.07) is 12.4. The Balaban J connectivity index is 2.13. The minimum absolute atomic E-state index is 0.228. The van der Waals surface area contributed by atoms with Gasteiger partial charge in [0.25, 0.3) is 0 Å². The first-order chi connectivity index (χ1) is 10.1. The van der Waals surface area contributed by atoms with Crippen LogP contribution in [-0.4, -0.2) is 21.0 Å². The molecule has 0 saturated heterocycles. The summed E-state index contributed by atoms with van der Waals surface area (Å²) in [5.74, 6) is -0.974. The van der Waals surface area contributed by atoms with Gasteiger partial charge in [-0.3, -0.25) is 4.98 Å². The highest BCUT2D eigenvalue weighted by Crippen LogP contribution is 2.29. The molecule has 3 rings (SSSR count). The van der Waals surface area contributed by atoms with Gasteiger partial charge in [-0.1, -0.05) is 23.7 Å². The highest BCUT2D eigenvalue weighted by molar-refractivity contribution is 6.30. The second kappa shape index (κ2) is 5.42. The van der Waals surface area contributed by atoms with Crippen molar-refractivity contribution in [3.05, 3.63) is 65.4 Å². The molecule has 2 N–H and O–H groups in total. The SMILES string of the molecule is O=C(O)c1cc(-c2ccc(Cl)cc2)[nH]c1-c1ccncc1. The van der Waals surface area contributed by atoms with Gasteiger partial charge in [-0.15, -0.1) is 0 Å². The van der Waals surface area contributed by atoms with Crippen molar-refractivity contribution in [1.29, 1.82) is 0 Å². The van der Waals surface area contributed by atoms with E-state index in [1.165, 1.54) is 0 Å². The number of carbonyl (C=O) groups is 1. The van der Waals surface area contributed by atoms with E-state index >= 15 is 0 Å². The number of aromatic amines is 1. The molecule has 0 spiro atoms. The third-order valence-electron chi connectivity index (χ3n) is 3.17. The zero-order valence-electron chi connectivity index (χ0n) is 10.9. The minimum Gasteiger partial charge on any atom is -0.478 e. The van der Waals surface area contributed by atoms with Crippen LogP contribution in [0.5, 0.6) is 0 Å². The van der Waals surface area contributed by atoms with Crippen molar-refractivity contribution < 1.29 is 9.90 Å². The van der Waals surface area contributed by atoms with Crippen molar-refractivity contribution in [1.82, 2.24) is 9.97 Å². The van der Waals surface area contributed by atoms with Crippen LogP contribution in [0.3, 0.4) is 0 Å². The zero-order valence-corrected chi connectivity index (χ0v) is 11.6. The summed E-state index contributed by atoms with van der Waals surface area (Å²) >= 11 is 5.87. The maximum atomic E-state index is 11.4. The molecule has 21 heavy (non-hydrogen) atoms. The van der Waals surface area contributed by atoms with Gasteiger partial charge in [-0.2, -0.15) is 0 Å². The molecule has 0 amide bonds. The quantitative estimate of drug-likeness (QED) is 0.765. The fourth-order valence-electron chi connectivity index (χ4n) is 2.15. The summed E-state index contributed by atoms with van der Waals surface area (Å²) in [4.78, 5) is 18.5. The van der Waals surface area contributed by atoms with Crippen molar-refractivity contribution in [2.75, 3.05) is 0 Å². The lowest BCUT2D eigenvalue weighted by molar-refractivity contribution is 0.0698. The normalized spacial score (nSPS) is 10.5. The van der Waals surface area contributed by atoms with E-state index in [1.54, 1.807) is 42.7 Å². The standard InChI is InChI=1S/C16H11ClN2O2/c17-12-3-1-10(2-4-12)14-9-13(16(20)21)15(19-14)11-5-7-18-8-6-11/h1-9,19H,(H,20,21). The first-order valence-electron chi connectivity index (χ1n) is 6.28. The second-order valence-corrected chi connectivity index (χ2v) is 4.96. The Labute approximate surface area is 126 Å². The zero-order chi connectivity index (χ0) is 14.8. The highest BCUT2D eigenvalue weighted by atomic mass is 35.5. The number of pyridine rings is 1. The molecule has 0 atom stereocenters. The monoisotopic (exact) mass is 298 g/mol. The Hall–Kier alpha value is -2.59.